The Morgan fingerprint density at radius 3 is 2.29 bits per heavy atom. The molecule has 0 amide bonds. The van der Waals surface area contributed by atoms with Crippen molar-refractivity contribution < 1.29 is 4.42 Å². The molecular formula is C38H31N3O. The second kappa shape index (κ2) is 10.6. The van der Waals surface area contributed by atoms with Crippen molar-refractivity contribution in [2.24, 2.45) is 0 Å². The van der Waals surface area contributed by atoms with Crippen LogP contribution in [0.2, 0.25) is 0 Å². The van der Waals surface area contributed by atoms with Gasteiger partial charge in [-0.3, -0.25) is 0 Å². The third-order valence-corrected chi connectivity index (χ3v) is 8.02. The third-order valence-electron chi connectivity index (χ3n) is 8.02. The highest BCUT2D eigenvalue weighted by atomic mass is 16.3. The van der Waals surface area contributed by atoms with Gasteiger partial charge in [0.1, 0.15) is 5.76 Å². The van der Waals surface area contributed by atoms with Crippen LogP contribution in [0, 0.1) is 6.92 Å². The molecule has 204 valence electrons. The van der Waals surface area contributed by atoms with Gasteiger partial charge in [-0.05, 0) is 42.8 Å². The van der Waals surface area contributed by atoms with Crippen molar-refractivity contribution in [3.8, 4) is 11.1 Å². The van der Waals surface area contributed by atoms with E-state index in [0.717, 1.165) is 34.6 Å². The Bertz CT molecular complexity index is 2070. The van der Waals surface area contributed by atoms with E-state index in [4.69, 9.17) is 9.40 Å². The molecule has 0 atom stereocenters. The molecule has 0 aliphatic rings. The van der Waals surface area contributed by atoms with Gasteiger partial charge in [0.25, 0.3) is 0 Å². The van der Waals surface area contributed by atoms with E-state index < -0.39 is 0 Å². The van der Waals surface area contributed by atoms with Crippen LogP contribution < -0.4 is 4.90 Å². The number of para-hydroxylation sites is 3. The topological polar surface area (TPSA) is 34.2 Å². The van der Waals surface area contributed by atoms with Gasteiger partial charge in [0.15, 0.2) is 0 Å². The van der Waals surface area contributed by atoms with Crippen LogP contribution in [0.15, 0.2) is 126 Å². The molecule has 3 heterocycles. The monoisotopic (exact) mass is 545 g/mol. The molecule has 4 aromatic carbocycles. The summed E-state index contributed by atoms with van der Waals surface area (Å²) in [7, 11) is 2.08. The minimum absolute atomic E-state index is 0.602. The van der Waals surface area contributed by atoms with E-state index in [0.29, 0.717) is 5.71 Å². The maximum absolute atomic E-state index is 6.23. The summed E-state index contributed by atoms with van der Waals surface area (Å²) in [6, 6.07) is 36.3. The minimum Gasteiger partial charge on any atom is -0.438 e. The second-order valence-electron chi connectivity index (χ2n) is 10.6. The third kappa shape index (κ3) is 4.38. The highest BCUT2D eigenvalue weighted by Crippen LogP contribution is 2.37. The summed E-state index contributed by atoms with van der Waals surface area (Å²) >= 11 is 0. The van der Waals surface area contributed by atoms with Crippen LogP contribution in [0.1, 0.15) is 16.9 Å². The van der Waals surface area contributed by atoms with E-state index in [2.05, 4.69) is 139 Å². The van der Waals surface area contributed by atoms with E-state index in [1.165, 1.54) is 38.5 Å². The maximum atomic E-state index is 6.23. The van der Waals surface area contributed by atoms with Crippen LogP contribution in [0.25, 0.3) is 56.2 Å². The summed E-state index contributed by atoms with van der Waals surface area (Å²) in [5.74, 6) is 0.758. The number of benzene rings is 4. The zero-order valence-electron chi connectivity index (χ0n) is 23.8. The average molecular weight is 546 g/mol. The van der Waals surface area contributed by atoms with E-state index in [-0.39, 0.29) is 0 Å². The van der Waals surface area contributed by atoms with Gasteiger partial charge >= 0.3 is 0 Å². The normalized spacial score (nSPS) is 11.7. The predicted octanol–water partition coefficient (Wildman–Crippen LogP) is 10.0. The number of allylic oxidation sites excluding steroid dienone is 1. The smallest absolute Gasteiger partial charge is 0.227 e. The number of furan rings is 1. The molecule has 42 heavy (non-hydrogen) atoms. The van der Waals surface area contributed by atoms with Crippen molar-refractivity contribution in [1.29, 1.82) is 0 Å². The van der Waals surface area contributed by atoms with Crippen LogP contribution in [0.5, 0.6) is 0 Å². The lowest BCUT2D eigenvalue weighted by Gasteiger charge is -2.22. The van der Waals surface area contributed by atoms with E-state index in [1.807, 2.05) is 18.3 Å². The molecular weight excluding hydrogens is 514 g/mol. The summed E-state index contributed by atoms with van der Waals surface area (Å²) in [5, 5.41) is 3.47. The number of hydrogen-bond acceptors (Lipinski definition) is 3. The lowest BCUT2D eigenvalue weighted by atomic mass is 10.0. The van der Waals surface area contributed by atoms with Crippen molar-refractivity contribution >= 4 is 56.4 Å². The summed E-state index contributed by atoms with van der Waals surface area (Å²) in [6.07, 6.45) is 7.92. The van der Waals surface area contributed by atoms with Crippen LogP contribution >= 0.6 is 0 Å². The number of nitrogens with zero attached hydrogens (tertiary/aromatic N) is 3. The van der Waals surface area contributed by atoms with Gasteiger partial charge in [-0.15, -0.1) is 0 Å². The zero-order valence-corrected chi connectivity index (χ0v) is 23.8. The number of hydrogen-bond donors (Lipinski definition) is 0. The number of rotatable bonds is 7. The van der Waals surface area contributed by atoms with Gasteiger partial charge in [-0.2, -0.15) is 0 Å². The molecule has 0 fully saturated rings. The molecule has 0 unspecified atom stereocenters. The molecule has 0 radical (unpaired) electrons. The van der Waals surface area contributed by atoms with Gasteiger partial charge in [-0.1, -0.05) is 103 Å². The molecule has 0 N–H and O–H groups in total. The Labute approximate surface area is 245 Å². The molecule has 4 heteroatoms. The molecule has 3 aromatic heterocycles. The van der Waals surface area contributed by atoms with Gasteiger partial charge in [0.2, 0.25) is 5.71 Å². The lowest BCUT2D eigenvalue weighted by Crippen LogP contribution is -2.11. The molecule has 0 bridgehead atoms. The van der Waals surface area contributed by atoms with E-state index >= 15 is 0 Å². The summed E-state index contributed by atoms with van der Waals surface area (Å²) in [6.45, 7) is 6.95. The van der Waals surface area contributed by atoms with Crippen LogP contribution in [0.3, 0.4) is 0 Å². The fraction of sp³-hybridized carbons (Fsp3) is 0.0789. The van der Waals surface area contributed by atoms with Gasteiger partial charge in [0.05, 0.1) is 17.3 Å². The Morgan fingerprint density at radius 2 is 1.55 bits per heavy atom. The molecule has 0 aliphatic heterocycles. The van der Waals surface area contributed by atoms with Crippen LogP contribution in [0.4, 0.5) is 11.4 Å². The Balaban J connectivity index is 1.23. The fourth-order valence-corrected chi connectivity index (χ4v) is 5.95. The first kappa shape index (κ1) is 25.6. The lowest BCUT2D eigenvalue weighted by molar-refractivity contribution is 0.591. The standard InChI is InChI=1S/C38H31N3O/c1-4-29-33-24-28(40(3)34-18-8-5-15-30(34)27-14-11-13-26(2)23-27)25-39-38(33)42-37(29)21-12-22-41-35-19-9-6-16-31(35)32-17-7-10-20-36(32)41/h4-21,23-25H,1,22H2,2-3H3/b21-12-. The quantitative estimate of drug-likeness (QED) is 0.200. The van der Waals surface area contributed by atoms with Crippen molar-refractivity contribution in [3.05, 3.63) is 139 Å². The number of aryl methyl sites for hydroxylation is 1. The van der Waals surface area contributed by atoms with Gasteiger partial charge < -0.3 is 13.9 Å². The molecule has 0 saturated heterocycles. The van der Waals surface area contributed by atoms with E-state index in [9.17, 15) is 0 Å². The minimum atomic E-state index is 0.602. The Hall–Kier alpha value is -5.35. The first-order valence-electron chi connectivity index (χ1n) is 14.2. The Morgan fingerprint density at radius 1 is 0.833 bits per heavy atom. The fourth-order valence-electron chi connectivity index (χ4n) is 5.95. The van der Waals surface area contributed by atoms with Crippen molar-refractivity contribution in [2.75, 3.05) is 11.9 Å². The zero-order chi connectivity index (χ0) is 28.6. The maximum Gasteiger partial charge on any atom is 0.227 e. The largest absolute Gasteiger partial charge is 0.438 e. The Kier molecular flexibility index (Phi) is 6.44. The number of aromatic nitrogens is 2. The number of pyridine rings is 1. The second-order valence-corrected chi connectivity index (χ2v) is 10.6. The number of fused-ring (bicyclic) bond motifs is 4. The molecule has 0 spiro atoms. The molecule has 4 nitrogen and oxygen atoms in total. The number of anilines is 2. The molecule has 7 rings (SSSR count). The highest BCUT2D eigenvalue weighted by molar-refractivity contribution is 6.08. The molecule has 0 saturated carbocycles. The van der Waals surface area contributed by atoms with Gasteiger partial charge in [-0.25, -0.2) is 4.98 Å². The predicted molar refractivity (Wildman–Crippen MR) is 177 cm³/mol. The van der Waals surface area contributed by atoms with E-state index in [1.54, 1.807) is 0 Å². The average Bonchev–Trinajstić information content (AvgIpc) is 3.55. The van der Waals surface area contributed by atoms with Crippen molar-refractivity contribution in [1.82, 2.24) is 9.55 Å². The highest BCUT2D eigenvalue weighted by Gasteiger charge is 2.16. The summed E-state index contributed by atoms with van der Waals surface area (Å²) < 4.78 is 8.58. The molecule has 0 aliphatic carbocycles. The summed E-state index contributed by atoms with van der Waals surface area (Å²) in [5.41, 5.74) is 9.68. The van der Waals surface area contributed by atoms with Crippen molar-refractivity contribution in [2.45, 2.75) is 13.5 Å². The SMILES string of the molecule is C=Cc1c(/C=C\Cn2c3ccccc3c3ccccc32)oc2ncc(N(C)c3ccccc3-c3cccc(C)c3)cc12. The van der Waals surface area contributed by atoms with Gasteiger partial charge in [0, 0.05) is 52.2 Å². The van der Waals surface area contributed by atoms with Crippen molar-refractivity contribution in [3.63, 3.8) is 0 Å². The first-order chi connectivity index (χ1) is 20.6. The van der Waals surface area contributed by atoms with Crippen LogP contribution in [-0.4, -0.2) is 16.6 Å². The first-order valence-corrected chi connectivity index (χ1v) is 14.2. The summed E-state index contributed by atoms with van der Waals surface area (Å²) in [4.78, 5) is 6.90. The molecule has 7 aromatic rings. The van der Waals surface area contributed by atoms with Crippen LogP contribution in [-0.2, 0) is 6.54 Å².